The van der Waals surface area contributed by atoms with Crippen molar-refractivity contribution in [1.29, 1.82) is 0 Å². The number of aromatic nitrogens is 2. The molecule has 0 atom stereocenters. The molecule has 5 nitrogen and oxygen atoms in total. The molecule has 1 aliphatic rings. The van der Waals surface area contributed by atoms with Crippen LogP contribution in [0.4, 0.5) is 5.82 Å². The Kier molecular flexibility index (Phi) is 2.56. The zero-order chi connectivity index (χ0) is 15.3. The first-order chi connectivity index (χ1) is 10.6. The molecule has 2 aromatic heterocycles. The van der Waals surface area contributed by atoms with Crippen molar-refractivity contribution in [3.8, 4) is 0 Å². The normalized spacial score (nSPS) is 13.8. The van der Waals surface area contributed by atoms with Crippen LogP contribution in [0, 0.1) is 6.92 Å². The second kappa shape index (κ2) is 4.46. The minimum atomic E-state index is -0.340. The Labute approximate surface area is 126 Å². The predicted octanol–water partition coefficient (Wildman–Crippen LogP) is 2.74. The number of fused-ring (bicyclic) bond motifs is 2. The van der Waals surface area contributed by atoms with E-state index >= 15 is 0 Å². The number of carbonyl (C=O) groups excluding carboxylic acids is 2. The molecular weight excluding hydrogens is 278 g/mol. The maximum atomic E-state index is 12.5. The van der Waals surface area contributed by atoms with E-state index in [4.69, 9.17) is 0 Å². The fraction of sp³-hybridized carbons (Fsp3) is 0.0588. The van der Waals surface area contributed by atoms with Gasteiger partial charge in [0.15, 0.2) is 0 Å². The molecule has 0 bridgehead atoms. The standard InChI is InChI=1S/C17H11N3O2/c1-10-8-14-13(18-9-10)6-7-15(19-14)20-16(21)11-4-2-3-5-12(11)17(20)22/h2-9H,1H3. The molecule has 0 saturated heterocycles. The number of pyridine rings is 2. The van der Waals surface area contributed by atoms with Gasteiger partial charge in [0, 0.05) is 6.20 Å². The van der Waals surface area contributed by atoms with Crippen LogP contribution in [0.2, 0.25) is 0 Å². The van der Waals surface area contributed by atoms with Crippen molar-refractivity contribution < 1.29 is 9.59 Å². The van der Waals surface area contributed by atoms with E-state index in [0.717, 1.165) is 16.0 Å². The molecule has 2 amide bonds. The van der Waals surface area contributed by atoms with E-state index in [0.29, 0.717) is 22.5 Å². The number of imide groups is 1. The van der Waals surface area contributed by atoms with Crippen LogP contribution in [0.1, 0.15) is 26.3 Å². The monoisotopic (exact) mass is 289 g/mol. The van der Waals surface area contributed by atoms with E-state index in [1.807, 2.05) is 13.0 Å². The Morgan fingerprint density at radius 2 is 1.59 bits per heavy atom. The Hall–Kier alpha value is -3.08. The molecule has 0 N–H and O–H groups in total. The van der Waals surface area contributed by atoms with Gasteiger partial charge in [-0.2, -0.15) is 0 Å². The second-order valence-electron chi connectivity index (χ2n) is 5.21. The summed E-state index contributed by atoms with van der Waals surface area (Å²) in [6.07, 6.45) is 1.76. The number of anilines is 1. The van der Waals surface area contributed by atoms with Gasteiger partial charge < -0.3 is 0 Å². The summed E-state index contributed by atoms with van der Waals surface area (Å²) in [5, 5.41) is 0. The summed E-state index contributed by atoms with van der Waals surface area (Å²) in [5.41, 5.74) is 3.19. The lowest BCUT2D eigenvalue weighted by Crippen LogP contribution is -2.30. The Bertz CT molecular complexity index is 915. The highest BCUT2D eigenvalue weighted by molar-refractivity contribution is 6.34. The number of aryl methyl sites for hydroxylation is 1. The van der Waals surface area contributed by atoms with Crippen LogP contribution in [-0.4, -0.2) is 21.8 Å². The van der Waals surface area contributed by atoms with Crippen LogP contribution in [-0.2, 0) is 0 Å². The lowest BCUT2D eigenvalue weighted by atomic mass is 10.1. The van der Waals surface area contributed by atoms with Gasteiger partial charge in [-0.1, -0.05) is 12.1 Å². The van der Waals surface area contributed by atoms with Crippen molar-refractivity contribution in [2.75, 3.05) is 4.90 Å². The zero-order valence-electron chi connectivity index (χ0n) is 11.8. The highest BCUT2D eigenvalue weighted by Gasteiger charge is 2.37. The first-order valence-corrected chi connectivity index (χ1v) is 6.86. The van der Waals surface area contributed by atoms with Crippen molar-refractivity contribution in [2.45, 2.75) is 6.92 Å². The van der Waals surface area contributed by atoms with E-state index < -0.39 is 0 Å². The molecule has 1 aliphatic heterocycles. The largest absolute Gasteiger partial charge is 0.268 e. The summed E-state index contributed by atoms with van der Waals surface area (Å²) < 4.78 is 0. The molecule has 106 valence electrons. The number of rotatable bonds is 1. The summed E-state index contributed by atoms with van der Waals surface area (Å²) in [6, 6.07) is 12.1. The lowest BCUT2D eigenvalue weighted by molar-refractivity contribution is 0.0925. The Morgan fingerprint density at radius 1 is 0.909 bits per heavy atom. The summed E-state index contributed by atoms with van der Waals surface area (Å²) in [4.78, 5) is 34.7. The number of nitrogens with zero attached hydrogens (tertiary/aromatic N) is 3. The maximum absolute atomic E-state index is 12.5. The molecule has 3 heterocycles. The molecule has 22 heavy (non-hydrogen) atoms. The molecule has 4 rings (SSSR count). The van der Waals surface area contributed by atoms with Crippen LogP contribution in [0.25, 0.3) is 11.0 Å². The third-order valence-electron chi connectivity index (χ3n) is 3.68. The molecule has 0 saturated carbocycles. The van der Waals surface area contributed by atoms with Gasteiger partial charge in [-0.25, -0.2) is 9.88 Å². The number of benzene rings is 1. The average molecular weight is 289 g/mol. The second-order valence-corrected chi connectivity index (χ2v) is 5.21. The average Bonchev–Trinajstić information content (AvgIpc) is 2.79. The lowest BCUT2D eigenvalue weighted by Gasteiger charge is -2.13. The van der Waals surface area contributed by atoms with Crippen molar-refractivity contribution >= 4 is 28.7 Å². The SMILES string of the molecule is Cc1cnc2ccc(N3C(=O)c4ccccc4C3=O)nc2c1. The van der Waals surface area contributed by atoms with Gasteiger partial charge in [-0.05, 0) is 42.8 Å². The van der Waals surface area contributed by atoms with Crippen LogP contribution >= 0.6 is 0 Å². The molecule has 1 aromatic carbocycles. The van der Waals surface area contributed by atoms with Crippen LogP contribution in [0.3, 0.4) is 0 Å². The summed E-state index contributed by atoms with van der Waals surface area (Å²) in [7, 11) is 0. The fourth-order valence-corrected chi connectivity index (χ4v) is 2.62. The molecule has 0 unspecified atom stereocenters. The van der Waals surface area contributed by atoms with E-state index in [9.17, 15) is 9.59 Å². The Balaban J connectivity index is 1.86. The van der Waals surface area contributed by atoms with E-state index in [2.05, 4.69) is 9.97 Å². The number of hydrogen-bond donors (Lipinski definition) is 0. The number of amides is 2. The number of hydrogen-bond acceptors (Lipinski definition) is 4. The van der Waals surface area contributed by atoms with Gasteiger partial charge in [0.2, 0.25) is 0 Å². The van der Waals surface area contributed by atoms with Crippen LogP contribution in [0.15, 0.2) is 48.7 Å². The predicted molar refractivity (Wildman–Crippen MR) is 81.9 cm³/mol. The van der Waals surface area contributed by atoms with Gasteiger partial charge >= 0.3 is 0 Å². The summed E-state index contributed by atoms with van der Waals surface area (Å²) in [6.45, 7) is 1.92. The minimum absolute atomic E-state index is 0.325. The van der Waals surface area contributed by atoms with E-state index in [1.165, 1.54) is 0 Å². The quantitative estimate of drug-likeness (QED) is 0.646. The smallest absolute Gasteiger partial charge is 0.267 e. The highest BCUT2D eigenvalue weighted by atomic mass is 16.2. The van der Waals surface area contributed by atoms with Gasteiger partial charge in [0.05, 0.1) is 22.2 Å². The summed E-state index contributed by atoms with van der Waals surface area (Å²) in [5.74, 6) is -0.354. The van der Waals surface area contributed by atoms with Gasteiger partial charge in [0.1, 0.15) is 5.82 Å². The molecular formula is C17H11N3O2. The van der Waals surface area contributed by atoms with Crippen molar-refractivity contribution in [3.63, 3.8) is 0 Å². The topological polar surface area (TPSA) is 63.2 Å². The minimum Gasteiger partial charge on any atom is -0.268 e. The first-order valence-electron chi connectivity index (χ1n) is 6.86. The van der Waals surface area contributed by atoms with Crippen molar-refractivity contribution in [2.24, 2.45) is 0 Å². The molecule has 0 fully saturated rings. The van der Waals surface area contributed by atoms with Crippen LogP contribution < -0.4 is 4.90 Å². The molecule has 5 heteroatoms. The highest BCUT2D eigenvalue weighted by Crippen LogP contribution is 2.28. The van der Waals surface area contributed by atoms with Gasteiger partial charge in [-0.3, -0.25) is 14.6 Å². The van der Waals surface area contributed by atoms with Crippen molar-refractivity contribution in [1.82, 2.24) is 9.97 Å². The van der Waals surface area contributed by atoms with Crippen LogP contribution in [0.5, 0.6) is 0 Å². The van der Waals surface area contributed by atoms with E-state index in [-0.39, 0.29) is 11.8 Å². The number of carbonyl (C=O) groups is 2. The maximum Gasteiger partial charge on any atom is 0.267 e. The fourth-order valence-electron chi connectivity index (χ4n) is 2.62. The molecule has 3 aromatic rings. The summed E-state index contributed by atoms with van der Waals surface area (Å²) >= 11 is 0. The van der Waals surface area contributed by atoms with E-state index in [1.54, 1.807) is 42.6 Å². The molecule has 0 spiro atoms. The van der Waals surface area contributed by atoms with Gasteiger partial charge in [0.25, 0.3) is 11.8 Å². The first kappa shape index (κ1) is 12.6. The Morgan fingerprint density at radius 3 is 2.27 bits per heavy atom. The van der Waals surface area contributed by atoms with Crippen molar-refractivity contribution in [3.05, 3.63) is 65.4 Å². The zero-order valence-corrected chi connectivity index (χ0v) is 11.8. The molecule has 0 radical (unpaired) electrons. The van der Waals surface area contributed by atoms with Gasteiger partial charge in [-0.15, -0.1) is 0 Å². The molecule has 0 aliphatic carbocycles. The third-order valence-corrected chi connectivity index (χ3v) is 3.68. The third kappa shape index (κ3) is 1.72.